The molecule has 7 heteroatoms. The summed E-state index contributed by atoms with van der Waals surface area (Å²) in [5.74, 6) is 0.192. The molecule has 0 radical (unpaired) electrons. The molecule has 0 unspecified atom stereocenters. The second-order valence-corrected chi connectivity index (χ2v) is 6.93. The highest BCUT2D eigenvalue weighted by Crippen LogP contribution is 2.27. The van der Waals surface area contributed by atoms with E-state index in [-0.39, 0.29) is 18.2 Å². The van der Waals surface area contributed by atoms with Crippen molar-refractivity contribution in [2.75, 3.05) is 26.2 Å². The number of nitrogens with one attached hydrogen (secondary N) is 3. The zero-order chi connectivity index (χ0) is 18.4. The van der Waals surface area contributed by atoms with Crippen LogP contribution in [0.5, 0.6) is 0 Å². The molecule has 3 rings (SSSR count). The topological polar surface area (TPSA) is 90.5 Å². The van der Waals surface area contributed by atoms with Gasteiger partial charge in [0.15, 0.2) is 0 Å². The van der Waals surface area contributed by atoms with Crippen LogP contribution < -0.4 is 16.0 Å². The summed E-state index contributed by atoms with van der Waals surface area (Å²) < 4.78 is 0. The molecule has 2 saturated heterocycles. The highest BCUT2D eigenvalue weighted by molar-refractivity contribution is 6.04. The van der Waals surface area contributed by atoms with E-state index in [1.807, 2.05) is 6.07 Å². The molecule has 2 aliphatic heterocycles. The van der Waals surface area contributed by atoms with Crippen molar-refractivity contribution in [2.45, 2.75) is 37.6 Å². The first-order valence-corrected chi connectivity index (χ1v) is 9.27. The van der Waals surface area contributed by atoms with E-state index in [0.717, 1.165) is 32.5 Å². The van der Waals surface area contributed by atoms with E-state index in [1.54, 1.807) is 0 Å². The van der Waals surface area contributed by atoms with E-state index in [0.29, 0.717) is 18.9 Å². The van der Waals surface area contributed by atoms with E-state index < -0.39 is 12.1 Å². The molecule has 0 aliphatic carbocycles. The quantitative estimate of drug-likeness (QED) is 0.634. The van der Waals surface area contributed by atoms with E-state index in [1.165, 1.54) is 5.56 Å². The monoisotopic (exact) mass is 358 g/mol. The number of hydrogen-bond donors (Lipinski definition) is 3. The predicted molar refractivity (Wildman–Crippen MR) is 97.6 cm³/mol. The number of amides is 4. The second kappa shape index (κ2) is 8.80. The summed E-state index contributed by atoms with van der Waals surface area (Å²) in [4.78, 5) is 36.7. The van der Waals surface area contributed by atoms with Gasteiger partial charge in [-0.05, 0) is 43.8 Å². The van der Waals surface area contributed by atoms with Crippen molar-refractivity contribution in [2.24, 2.45) is 0 Å². The molecule has 7 nitrogen and oxygen atoms in total. The van der Waals surface area contributed by atoms with Gasteiger partial charge in [-0.3, -0.25) is 14.9 Å². The zero-order valence-corrected chi connectivity index (χ0v) is 14.9. The normalized spacial score (nSPS) is 21.3. The number of urea groups is 1. The lowest BCUT2D eigenvalue weighted by Gasteiger charge is -2.32. The van der Waals surface area contributed by atoms with E-state index in [9.17, 15) is 14.4 Å². The minimum Gasteiger partial charge on any atom is -0.355 e. The molecule has 1 atom stereocenters. The Kier molecular flexibility index (Phi) is 6.22. The van der Waals surface area contributed by atoms with Crippen LogP contribution in [-0.4, -0.2) is 55.0 Å². The molecule has 0 spiro atoms. The van der Waals surface area contributed by atoms with Gasteiger partial charge in [0.05, 0.1) is 0 Å². The summed E-state index contributed by atoms with van der Waals surface area (Å²) in [6.07, 6.45) is 2.85. The summed E-state index contributed by atoms with van der Waals surface area (Å²) in [5.41, 5.74) is 1.42. The fourth-order valence-corrected chi connectivity index (χ4v) is 3.59. The average molecular weight is 358 g/mol. The molecule has 3 N–H and O–H groups in total. The molecule has 1 aromatic rings. The molecule has 26 heavy (non-hydrogen) atoms. The first-order valence-electron chi connectivity index (χ1n) is 9.27. The SMILES string of the molecule is O=C(CC[C@H]1NC(=O)NC1=O)NCCN1CCC(c2ccccc2)CC1. The van der Waals surface area contributed by atoms with Crippen LogP contribution in [0.3, 0.4) is 0 Å². The first-order chi connectivity index (χ1) is 12.6. The van der Waals surface area contributed by atoms with Gasteiger partial charge in [0, 0.05) is 19.5 Å². The second-order valence-electron chi connectivity index (χ2n) is 6.93. The van der Waals surface area contributed by atoms with Gasteiger partial charge in [-0.2, -0.15) is 0 Å². The van der Waals surface area contributed by atoms with Crippen molar-refractivity contribution in [3.05, 3.63) is 35.9 Å². The zero-order valence-electron chi connectivity index (χ0n) is 14.9. The van der Waals surface area contributed by atoms with E-state index in [2.05, 4.69) is 45.1 Å². The Morgan fingerprint density at radius 3 is 2.54 bits per heavy atom. The van der Waals surface area contributed by atoms with Gasteiger partial charge >= 0.3 is 6.03 Å². The van der Waals surface area contributed by atoms with Crippen LogP contribution >= 0.6 is 0 Å². The van der Waals surface area contributed by atoms with Gasteiger partial charge in [-0.1, -0.05) is 30.3 Å². The number of hydrogen-bond acceptors (Lipinski definition) is 4. The van der Waals surface area contributed by atoms with E-state index >= 15 is 0 Å². The molecular formula is C19H26N4O3. The van der Waals surface area contributed by atoms with Crippen molar-refractivity contribution < 1.29 is 14.4 Å². The van der Waals surface area contributed by atoms with Crippen LogP contribution in [0.1, 0.15) is 37.2 Å². The number of likely N-dealkylation sites (tertiary alicyclic amines) is 1. The lowest BCUT2D eigenvalue weighted by Crippen LogP contribution is -2.39. The summed E-state index contributed by atoms with van der Waals surface area (Å²) in [6, 6.07) is 9.57. The third-order valence-electron chi connectivity index (χ3n) is 5.13. The molecule has 2 aliphatic rings. The van der Waals surface area contributed by atoms with Gasteiger partial charge in [0.1, 0.15) is 6.04 Å². The number of benzene rings is 1. The molecular weight excluding hydrogens is 332 g/mol. The highest BCUT2D eigenvalue weighted by atomic mass is 16.2. The Hall–Kier alpha value is -2.41. The van der Waals surface area contributed by atoms with Crippen molar-refractivity contribution in [3.63, 3.8) is 0 Å². The number of imide groups is 1. The third kappa shape index (κ3) is 5.05. The van der Waals surface area contributed by atoms with Gasteiger partial charge in [0.2, 0.25) is 5.91 Å². The predicted octanol–water partition coefficient (Wildman–Crippen LogP) is 0.970. The molecule has 0 saturated carbocycles. The standard InChI is InChI=1S/C19H26N4O3/c24-17(7-6-16-18(25)22-19(26)21-16)20-10-13-23-11-8-15(9-12-23)14-4-2-1-3-5-14/h1-5,15-16H,6-13H2,(H,20,24)(H2,21,22,25,26)/t16-/m1/s1. The first kappa shape index (κ1) is 18.4. The Bertz CT molecular complexity index is 641. The highest BCUT2D eigenvalue weighted by Gasteiger charge is 2.29. The number of piperidine rings is 1. The maximum atomic E-state index is 11.9. The van der Waals surface area contributed by atoms with Gasteiger partial charge in [-0.25, -0.2) is 4.79 Å². The largest absolute Gasteiger partial charge is 0.355 e. The maximum Gasteiger partial charge on any atom is 0.322 e. The van der Waals surface area contributed by atoms with Crippen LogP contribution in [0.25, 0.3) is 0 Å². The minimum atomic E-state index is -0.592. The van der Waals surface area contributed by atoms with Crippen LogP contribution in [0.15, 0.2) is 30.3 Å². The Balaban J connectivity index is 1.29. The minimum absolute atomic E-state index is 0.0851. The fourth-order valence-electron chi connectivity index (χ4n) is 3.59. The molecule has 0 bridgehead atoms. The Morgan fingerprint density at radius 2 is 1.88 bits per heavy atom. The van der Waals surface area contributed by atoms with Gasteiger partial charge in [0.25, 0.3) is 5.91 Å². The molecule has 140 valence electrons. The third-order valence-corrected chi connectivity index (χ3v) is 5.13. The van der Waals surface area contributed by atoms with Crippen LogP contribution in [0.4, 0.5) is 4.79 Å². The maximum absolute atomic E-state index is 11.9. The molecule has 1 aromatic carbocycles. The van der Waals surface area contributed by atoms with Crippen LogP contribution in [-0.2, 0) is 9.59 Å². The van der Waals surface area contributed by atoms with Crippen molar-refractivity contribution in [1.29, 1.82) is 0 Å². The summed E-state index contributed by atoms with van der Waals surface area (Å²) in [6.45, 7) is 3.54. The van der Waals surface area contributed by atoms with Crippen LogP contribution in [0.2, 0.25) is 0 Å². The number of nitrogens with zero attached hydrogens (tertiary/aromatic N) is 1. The smallest absolute Gasteiger partial charge is 0.322 e. The van der Waals surface area contributed by atoms with Gasteiger partial charge in [-0.15, -0.1) is 0 Å². The Labute approximate surface area is 153 Å². The van der Waals surface area contributed by atoms with Crippen molar-refractivity contribution in [3.8, 4) is 0 Å². The van der Waals surface area contributed by atoms with Gasteiger partial charge < -0.3 is 15.5 Å². The fraction of sp³-hybridized carbons (Fsp3) is 0.526. The number of carbonyl (C=O) groups excluding carboxylic acids is 3. The summed E-state index contributed by atoms with van der Waals surface area (Å²) in [7, 11) is 0. The molecule has 2 heterocycles. The Morgan fingerprint density at radius 1 is 1.15 bits per heavy atom. The molecule has 0 aromatic heterocycles. The average Bonchev–Trinajstić information content (AvgIpc) is 2.98. The lowest BCUT2D eigenvalue weighted by atomic mass is 9.89. The molecule has 2 fully saturated rings. The summed E-state index contributed by atoms with van der Waals surface area (Å²) >= 11 is 0. The van der Waals surface area contributed by atoms with Crippen molar-refractivity contribution >= 4 is 17.8 Å². The lowest BCUT2D eigenvalue weighted by molar-refractivity contribution is -0.122. The molecule has 4 amide bonds. The van der Waals surface area contributed by atoms with E-state index in [4.69, 9.17) is 0 Å². The summed E-state index contributed by atoms with van der Waals surface area (Å²) in [5, 5.41) is 7.56. The van der Waals surface area contributed by atoms with Crippen LogP contribution in [0, 0.1) is 0 Å². The number of carbonyl (C=O) groups is 3. The number of rotatable bonds is 7. The van der Waals surface area contributed by atoms with Crippen molar-refractivity contribution in [1.82, 2.24) is 20.9 Å².